The Hall–Kier alpha value is -1.55. The van der Waals surface area contributed by atoms with Crippen LogP contribution in [0.5, 0.6) is 5.75 Å². The number of hydrogen-bond donors (Lipinski definition) is 1. The molecule has 1 unspecified atom stereocenters. The normalized spacial score (nSPS) is 11.9. The van der Waals surface area contributed by atoms with Gasteiger partial charge in [0.25, 0.3) is 0 Å². The smallest absolute Gasteiger partial charge is 0.339 e. The van der Waals surface area contributed by atoms with Gasteiger partial charge in [-0.25, -0.2) is 4.79 Å². The van der Waals surface area contributed by atoms with E-state index in [1.165, 1.54) is 0 Å². The summed E-state index contributed by atoms with van der Waals surface area (Å²) < 4.78 is 9.65. The van der Waals surface area contributed by atoms with E-state index < -0.39 is 12.1 Å². The summed E-state index contributed by atoms with van der Waals surface area (Å²) in [6.45, 7) is 1.95. The summed E-state index contributed by atoms with van der Waals surface area (Å²) in [7, 11) is 1.55. The van der Waals surface area contributed by atoms with Gasteiger partial charge in [0.1, 0.15) is 5.75 Å². The summed E-state index contributed by atoms with van der Waals surface area (Å²) in [5.41, 5.74) is 0.495. The number of hydrogen-bond acceptors (Lipinski definition) is 4. The first-order chi connectivity index (χ1) is 7.19. The number of aliphatic hydroxyl groups excluding tert-OH is 1. The van der Waals surface area contributed by atoms with Gasteiger partial charge in [0.05, 0.1) is 13.7 Å². The van der Waals surface area contributed by atoms with Gasteiger partial charge in [-0.15, -0.1) is 0 Å². The summed E-state index contributed by atoms with van der Waals surface area (Å²) in [6, 6.07) is 6.61. The zero-order valence-electron chi connectivity index (χ0n) is 8.77. The molecule has 0 saturated carbocycles. The Morgan fingerprint density at radius 2 is 2.00 bits per heavy atom. The molecule has 0 aliphatic carbocycles. The van der Waals surface area contributed by atoms with Crippen LogP contribution in [0.4, 0.5) is 0 Å². The lowest BCUT2D eigenvalue weighted by Crippen LogP contribution is -2.15. The van der Waals surface area contributed by atoms with Crippen LogP contribution < -0.4 is 4.74 Å². The van der Waals surface area contributed by atoms with Gasteiger partial charge in [-0.3, -0.25) is 0 Å². The number of esters is 1. The van der Waals surface area contributed by atoms with Crippen LogP contribution in [0.25, 0.3) is 0 Å². The first-order valence-electron chi connectivity index (χ1n) is 4.67. The minimum Gasteiger partial charge on any atom is -0.497 e. The fourth-order valence-electron chi connectivity index (χ4n) is 1.14. The summed E-state index contributed by atoms with van der Waals surface area (Å²) in [4.78, 5) is 11.2. The fourth-order valence-corrected chi connectivity index (χ4v) is 1.14. The molecule has 0 aromatic heterocycles. The van der Waals surface area contributed by atoms with Crippen LogP contribution in [0.15, 0.2) is 24.3 Å². The van der Waals surface area contributed by atoms with E-state index in [0.717, 1.165) is 0 Å². The third-order valence-electron chi connectivity index (χ3n) is 1.94. The highest BCUT2D eigenvalue weighted by Gasteiger charge is 2.18. The van der Waals surface area contributed by atoms with Crippen molar-refractivity contribution in [1.29, 1.82) is 0 Å². The van der Waals surface area contributed by atoms with Crippen molar-refractivity contribution in [3.05, 3.63) is 29.8 Å². The molecule has 0 heterocycles. The Morgan fingerprint density at radius 3 is 2.47 bits per heavy atom. The molecule has 15 heavy (non-hydrogen) atoms. The standard InChI is InChI=1S/C11H14O4/c1-3-15-11(13)10(12)8-4-6-9(14-2)7-5-8/h4-7,10,12H,3H2,1-2H3. The topological polar surface area (TPSA) is 55.8 Å². The molecule has 1 aromatic rings. The van der Waals surface area contributed by atoms with Crippen molar-refractivity contribution in [2.45, 2.75) is 13.0 Å². The van der Waals surface area contributed by atoms with Crippen molar-refractivity contribution in [3.63, 3.8) is 0 Å². The first-order valence-corrected chi connectivity index (χ1v) is 4.67. The van der Waals surface area contributed by atoms with E-state index in [4.69, 9.17) is 9.47 Å². The summed E-state index contributed by atoms with van der Waals surface area (Å²) in [5, 5.41) is 9.57. The zero-order valence-corrected chi connectivity index (χ0v) is 8.77. The van der Waals surface area contributed by atoms with Crippen molar-refractivity contribution in [2.75, 3.05) is 13.7 Å². The van der Waals surface area contributed by atoms with Gasteiger partial charge in [0, 0.05) is 0 Å². The number of carbonyl (C=O) groups excluding carboxylic acids is 1. The van der Waals surface area contributed by atoms with Crippen LogP contribution in [0, 0.1) is 0 Å². The fraction of sp³-hybridized carbons (Fsp3) is 0.364. The maximum Gasteiger partial charge on any atom is 0.339 e. The van der Waals surface area contributed by atoms with Crippen LogP contribution in [-0.2, 0) is 9.53 Å². The molecular formula is C11H14O4. The highest BCUT2D eigenvalue weighted by molar-refractivity contribution is 5.76. The van der Waals surface area contributed by atoms with E-state index in [2.05, 4.69) is 0 Å². The van der Waals surface area contributed by atoms with Gasteiger partial charge in [-0.05, 0) is 24.6 Å². The van der Waals surface area contributed by atoms with Gasteiger partial charge in [-0.1, -0.05) is 12.1 Å². The van der Waals surface area contributed by atoms with Crippen LogP contribution in [0.3, 0.4) is 0 Å². The van der Waals surface area contributed by atoms with Crippen LogP contribution in [0.1, 0.15) is 18.6 Å². The van der Waals surface area contributed by atoms with E-state index in [1.54, 1.807) is 38.3 Å². The van der Waals surface area contributed by atoms with Crippen LogP contribution >= 0.6 is 0 Å². The molecule has 1 atom stereocenters. The largest absolute Gasteiger partial charge is 0.497 e. The molecule has 82 valence electrons. The number of benzene rings is 1. The zero-order chi connectivity index (χ0) is 11.3. The molecule has 0 spiro atoms. The minimum atomic E-state index is -1.23. The second-order valence-corrected chi connectivity index (χ2v) is 2.93. The Morgan fingerprint density at radius 1 is 1.40 bits per heavy atom. The number of aliphatic hydroxyl groups is 1. The predicted molar refractivity (Wildman–Crippen MR) is 54.6 cm³/mol. The maximum absolute atomic E-state index is 11.2. The number of methoxy groups -OCH3 is 1. The Bertz CT molecular complexity index is 318. The maximum atomic E-state index is 11.2. The molecule has 0 radical (unpaired) electrons. The molecule has 0 bridgehead atoms. The third-order valence-corrected chi connectivity index (χ3v) is 1.94. The molecule has 1 aromatic carbocycles. The molecule has 1 rings (SSSR count). The van der Waals surface area contributed by atoms with Crippen LogP contribution in [-0.4, -0.2) is 24.8 Å². The molecule has 0 amide bonds. The van der Waals surface area contributed by atoms with E-state index in [-0.39, 0.29) is 6.61 Å². The molecule has 0 saturated heterocycles. The SMILES string of the molecule is CCOC(=O)C(O)c1ccc(OC)cc1. The van der Waals surface area contributed by atoms with Crippen molar-refractivity contribution >= 4 is 5.97 Å². The Balaban J connectivity index is 2.73. The summed E-state index contributed by atoms with van der Waals surface area (Å²) in [5.74, 6) is 0.0393. The molecule has 4 heteroatoms. The molecule has 0 aliphatic heterocycles. The van der Waals surface area contributed by atoms with Gasteiger partial charge in [0.15, 0.2) is 6.10 Å². The molecule has 1 N–H and O–H groups in total. The molecule has 0 fully saturated rings. The monoisotopic (exact) mass is 210 g/mol. The van der Waals surface area contributed by atoms with Crippen molar-refractivity contribution in [2.24, 2.45) is 0 Å². The molecule has 4 nitrogen and oxygen atoms in total. The van der Waals surface area contributed by atoms with E-state index >= 15 is 0 Å². The second kappa shape index (κ2) is 5.36. The number of carbonyl (C=O) groups is 1. The van der Waals surface area contributed by atoms with Gasteiger partial charge >= 0.3 is 5.97 Å². The van der Waals surface area contributed by atoms with E-state index in [9.17, 15) is 9.90 Å². The van der Waals surface area contributed by atoms with Crippen molar-refractivity contribution < 1.29 is 19.4 Å². The first kappa shape index (κ1) is 11.5. The minimum absolute atomic E-state index is 0.256. The number of ether oxygens (including phenoxy) is 2. The highest BCUT2D eigenvalue weighted by atomic mass is 16.5. The summed E-state index contributed by atoms with van der Waals surface area (Å²) >= 11 is 0. The lowest BCUT2D eigenvalue weighted by atomic mass is 10.1. The number of rotatable bonds is 4. The Kier molecular flexibility index (Phi) is 4.12. The van der Waals surface area contributed by atoms with E-state index in [1.807, 2.05) is 0 Å². The quantitative estimate of drug-likeness (QED) is 0.761. The van der Waals surface area contributed by atoms with Gasteiger partial charge < -0.3 is 14.6 Å². The lowest BCUT2D eigenvalue weighted by Gasteiger charge is -2.10. The highest BCUT2D eigenvalue weighted by Crippen LogP contribution is 2.18. The van der Waals surface area contributed by atoms with Gasteiger partial charge in [0.2, 0.25) is 0 Å². The van der Waals surface area contributed by atoms with Gasteiger partial charge in [-0.2, -0.15) is 0 Å². The Labute approximate surface area is 88.4 Å². The molecular weight excluding hydrogens is 196 g/mol. The average Bonchev–Trinajstić information content (AvgIpc) is 2.28. The second-order valence-electron chi connectivity index (χ2n) is 2.93. The lowest BCUT2D eigenvalue weighted by molar-refractivity contribution is -0.153. The van der Waals surface area contributed by atoms with Crippen LogP contribution in [0.2, 0.25) is 0 Å². The predicted octanol–water partition coefficient (Wildman–Crippen LogP) is 1.29. The van der Waals surface area contributed by atoms with E-state index in [0.29, 0.717) is 11.3 Å². The van der Waals surface area contributed by atoms with Crippen molar-refractivity contribution in [1.82, 2.24) is 0 Å². The average molecular weight is 210 g/mol. The van der Waals surface area contributed by atoms with Crippen molar-refractivity contribution in [3.8, 4) is 5.75 Å². The molecule has 0 aliphatic rings. The summed E-state index contributed by atoms with van der Waals surface area (Å²) in [6.07, 6.45) is -1.23. The third kappa shape index (κ3) is 2.95.